The fraction of sp³-hybridized carbons (Fsp3) is 0.471. The van der Waals surface area contributed by atoms with Gasteiger partial charge in [-0.2, -0.15) is 0 Å². The van der Waals surface area contributed by atoms with Crippen molar-refractivity contribution in [3.8, 4) is 5.75 Å². The molecule has 0 spiro atoms. The topological polar surface area (TPSA) is 104 Å². The molecule has 2 rings (SSSR count). The second-order valence-electron chi connectivity index (χ2n) is 5.96. The maximum Gasteiger partial charge on any atom is 0.342 e. The number of ether oxygens (including phenoxy) is 1. The second kappa shape index (κ2) is 7.09. The average molecular weight is 354 g/mol. The summed E-state index contributed by atoms with van der Waals surface area (Å²) in [5.74, 6) is -0.595. The Morgan fingerprint density at radius 1 is 1.29 bits per heavy atom. The van der Waals surface area contributed by atoms with Gasteiger partial charge in [0.2, 0.25) is 0 Å². The van der Waals surface area contributed by atoms with Crippen LogP contribution in [0.1, 0.15) is 52.9 Å². The van der Waals surface area contributed by atoms with E-state index in [4.69, 9.17) is 14.5 Å². The lowest BCUT2D eigenvalue weighted by molar-refractivity contribution is 0.0533. The van der Waals surface area contributed by atoms with Gasteiger partial charge in [-0.15, -0.1) is 0 Å². The smallest absolute Gasteiger partial charge is 0.342 e. The Bertz CT molecular complexity index is 744. The number of rotatable bonds is 6. The Labute approximate surface area is 141 Å². The van der Waals surface area contributed by atoms with E-state index in [2.05, 4.69) is 0 Å². The highest BCUT2D eigenvalue weighted by Crippen LogP contribution is 2.40. The van der Waals surface area contributed by atoms with E-state index in [-0.39, 0.29) is 24.1 Å². The van der Waals surface area contributed by atoms with Crippen LogP contribution in [0.25, 0.3) is 0 Å². The zero-order valence-electron chi connectivity index (χ0n) is 14.1. The highest BCUT2D eigenvalue weighted by Gasteiger charge is 2.30. The molecular weight excluding hydrogens is 331 g/mol. The van der Waals surface area contributed by atoms with Crippen molar-refractivity contribution in [2.45, 2.75) is 46.6 Å². The van der Waals surface area contributed by atoms with Crippen LogP contribution in [0.3, 0.4) is 0 Å². The van der Waals surface area contributed by atoms with Crippen molar-refractivity contribution in [1.29, 1.82) is 0 Å². The molecule has 3 N–H and O–H groups in total. The molecule has 0 aromatic heterocycles. The third kappa shape index (κ3) is 3.72. The number of phenolic OH excluding ortho intramolecular Hbond substituents is 1. The Kier molecular flexibility index (Phi) is 5.53. The van der Waals surface area contributed by atoms with Crippen LogP contribution in [0.5, 0.6) is 5.75 Å². The van der Waals surface area contributed by atoms with E-state index in [1.54, 1.807) is 6.08 Å². The molecule has 0 saturated heterocycles. The molecule has 1 aromatic rings. The zero-order chi connectivity index (χ0) is 18.1. The molecule has 0 radical (unpaired) electrons. The molecule has 0 atom stereocenters. The number of esters is 1. The third-order valence-electron chi connectivity index (χ3n) is 4.46. The van der Waals surface area contributed by atoms with E-state index in [0.29, 0.717) is 30.4 Å². The molecule has 1 aliphatic rings. The van der Waals surface area contributed by atoms with Crippen LogP contribution in [0.2, 0.25) is 0 Å². The van der Waals surface area contributed by atoms with Gasteiger partial charge in [-0.25, -0.2) is 4.79 Å². The first-order valence-electron chi connectivity index (χ1n) is 7.95. The predicted molar refractivity (Wildman–Crippen MR) is 90.3 cm³/mol. The van der Waals surface area contributed by atoms with E-state index in [0.717, 1.165) is 16.7 Å². The molecule has 132 valence electrons. The first kappa shape index (κ1) is 18.7. The molecule has 0 bridgehead atoms. The van der Waals surface area contributed by atoms with Crippen LogP contribution in [-0.4, -0.2) is 27.0 Å². The lowest BCUT2D eigenvalue weighted by Crippen LogP contribution is -2.05. The van der Waals surface area contributed by atoms with Gasteiger partial charge in [-0.1, -0.05) is 25.5 Å². The molecule has 1 heterocycles. The number of fused-ring (bicyclic) bond motifs is 1. The number of benzene rings is 1. The third-order valence-corrected chi connectivity index (χ3v) is 5.28. The van der Waals surface area contributed by atoms with Crippen LogP contribution < -0.4 is 0 Å². The molecule has 1 aromatic carbocycles. The van der Waals surface area contributed by atoms with Gasteiger partial charge in [-0.05, 0) is 37.3 Å². The van der Waals surface area contributed by atoms with E-state index in [1.165, 1.54) is 0 Å². The monoisotopic (exact) mass is 354 g/mol. The SMILES string of the molecule is CCC(=CCc1c(O)c2c(c(C)c1CC)COC2=O)CP(=O)(O)O. The van der Waals surface area contributed by atoms with E-state index in [9.17, 15) is 14.5 Å². The molecule has 0 amide bonds. The minimum Gasteiger partial charge on any atom is -0.507 e. The number of carbonyl (C=O) groups is 1. The van der Waals surface area contributed by atoms with Gasteiger partial charge in [0.25, 0.3) is 0 Å². The maximum atomic E-state index is 11.9. The van der Waals surface area contributed by atoms with Crippen LogP contribution in [0.4, 0.5) is 0 Å². The Hall–Kier alpha value is -1.62. The van der Waals surface area contributed by atoms with Gasteiger partial charge >= 0.3 is 13.6 Å². The second-order valence-corrected chi connectivity index (χ2v) is 7.60. The summed E-state index contributed by atoms with van der Waals surface area (Å²) in [5.41, 5.74) is 4.10. The summed E-state index contributed by atoms with van der Waals surface area (Å²) in [6, 6.07) is 0. The van der Waals surface area contributed by atoms with Crippen molar-refractivity contribution in [2.24, 2.45) is 0 Å². The lowest BCUT2D eigenvalue weighted by Gasteiger charge is -2.16. The summed E-state index contributed by atoms with van der Waals surface area (Å²) in [5, 5.41) is 10.6. The summed E-state index contributed by atoms with van der Waals surface area (Å²) < 4.78 is 16.2. The summed E-state index contributed by atoms with van der Waals surface area (Å²) in [6.07, 6.45) is 2.96. The molecule has 0 aliphatic carbocycles. The number of carbonyl (C=O) groups excluding carboxylic acids is 1. The van der Waals surface area contributed by atoms with Crippen LogP contribution >= 0.6 is 7.60 Å². The van der Waals surface area contributed by atoms with E-state index < -0.39 is 13.6 Å². The number of cyclic esters (lactones) is 1. The quantitative estimate of drug-likeness (QED) is 0.412. The Morgan fingerprint density at radius 2 is 1.96 bits per heavy atom. The molecule has 0 unspecified atom stereocenters. The number of phenols is 1. The number of allylic oxidation sites excluding steroid dienone is 2. The Balaban J connectivity index is 2.47. The van der Waals surface area contributed by atoms with Crippen molar-refractivity contribution in [2.75, 3.05) is 6.16 Å². The normalized spacial score (nSPS) is 14.7. The fourth-order valence-electron chi connectivity index (χ4n) is 3.17. The summed E-state index contributed by atoms with van der Waals surface area (Å²) in [7, 11) is -4.13. The summed E-state index contributed by atoms with van der Waals surface area (Å²) >= 11 is 0. The van der Waals surface area contributed by atoms with Gasteiger partial charge in [0.05, 0.1) is 6.16 Å². The van der Waals surface area contributed by atoms with Gasteiger partial charge < -0.3 is 19.6 Å². The van der Waals surface area contributed by atoms with Crippen molar-refractivity contribution in [3.05, 3.63) is 39.5 Å². The maximum absolute atomic E-state index is 11.9. The van der Waals surface area contributed by atoms with Crippen molar-refractivity contribution < 1.29 is 29.0 Å². The molecular formula is C17H23O6P. The van der Waals surface area contributed by atoms with Crippen molar-refractivity contribution in [3.63, 3.8) is 0 Å². The van der Waals surface area contributed by atoms with E-state index >= 15 is 0 Å². The summed E-state index contributed by atoms with van der Waals surface area (Å²) in [6.45, 7) is 5.88. The summed E-state index contributed by atoms with van der Waals surface area (Å²) in [4.78, 5) is 30.1. The average Bonchev–Trinajstić information content (AvgIpc) is 2.89. The van der Waals surface area contributed by atoms with Gasteiger partial charge in [0.15, 0.2) is 0 Å². The molecule has 0 fully saturated rings. The zero-order valence-corrected chi connectivity index (χ0v) is 15.0. The fourth-order valence-corrected chi connectivity index (χ4v) is 4.05. The van der Waals surface area contributed by atoms with Crippen molar-refractivity contribution >= 4 is 13.6 Å². The molecule has 24 heavy (non-hydrogen) atoms. The van der Waals surface area contributed by atoms with Crippen LogP contribution in [-0.2, 0) is 28.8 Å². The van der Waals surface area contributed by atoms with Gasteiger partial charge in [0, 0.05) is 11.1 Å². The minimum atomic E-state index is -4.13. The predicted octanol–water partition coefficient (Wildman–Crippen LogP) is 2.99. The van der Waals surface area contributed by atoms with Crippen LogP contribution in [0, 0.1) is 6.92 Å². The number of aromatic hydroxyl groups is 1. The first-order chi connectivity index (χ1) is 11.2. The molecule has 0 saturated carbocycles. The van der Waals surface area contributed by atoms with Gasteiger partial charge in [0.1, 0.15) is 17.9 Å². The molecule has 1 aliphatic heterocycles. The minimum absolute atomic E-state index is 0.0715. The van der Waals surface area contributed by atoms with Gasteiger partial charge in [-0.3, -0.25) is 4.57 Å². The van der Waals surface area contributed by atoms with Crippen molar-refractivity contribution in [1.82, 2.24) is 0 Å². The molecule has 6 nitrogen and oxygen atoms in total. The Morgan fingerprint density at radius 3 is 2.50 bits per heavy atom. The number of hydrogen-bond acceptors (Lipinski definition) is 4. The standard InChI is InChI=1S/C17H23O6P/c1-4-11(9-24(20,21)22)6-7-13-12(5-2)10(3)14-8-23-17(19)15(14)16(13)18/h6,18H,4-5,7-9H2,1-3H3,(H2,20,21,22). The number of hydrogen-bond donors (Lipinski definition) is 3. The van der Waals surface area contributed by atoms with Crippen LogP contribution in [0.15, 0.2) is 11.6 Å². The first-order valence-corrected chi connectivity index (χ1v) is 9.75. The highest BCUT2D eigenvalue weighted by molar-refractivity contribution is 7.52. The highest BCUT2D eigenvalue weighted by atomic mass is 31.2. The molecule has 7 heteroatoms. The largest absolute Gasteiger partial charge is 0.507 e. The van der Waals surface area contributed by atoms with E-state index in [1.807, 2.05) is 20.8 Å². The lowest BCUT2D eigenvalue weighted by atomic mass is 9.89.